The predicted molar refractivity (Wildman–Crippen MR) is 127 cm³/mol. The van der Waals surface area contributed by atoms with Crippen LogP contribution in [0.15, 0.2) is 22.5 Å². The molecule has 0 radical (unpaired) electrons. The van der Waals surface area contributed by atoms with Crippen molar-refractivity contribution in [2.75, 3.05) is 39.8 Å². The van der Waals surface area contributed by atoms with Gasteiger partial charge in [0.1, 0.15) is 0 Å². The number of rotatable bonds is 6. The maximum atomic E-state index is 11.2. The predicted octanol–water partition coefficient (Wildman–Crippen LogP) is 2.74. The van der Waals surface area contributed by atoms with E-state index in [2.05, 4.69) is 37.6 Å². The zero-order valence-corrected chi connectivity index (χ0v) is 20.0. The maximum Gasteiger partial charge on any atom is 0.217 e. The number of hydrogen-bond acceptors (Lipinski definition) is 4. The minimum Gasteiger partial charge on any atom is -0.370 e. The molecule has 1 aromatic heterocycles. The van der Waals surface area contributed by atoms with Crippen molar-refractivity contribution in [2.45, 2.75) is 38.6 Å². The van der Waals surface area contributed by atoms with Crippen molar-refractivity contribution in [3.63, 3.8) is 0 Å². The van der Waals surface area contributed by atoms with Gasteiger partial charge in [-0.1, -0.05) is 6.07 Å². The second kappa shape index (κ2) is 12.0. The third-order valence-electron chi connectivity index (χ3n) is 5.74. The van der Waals surface area contributed by atoms with Crippen LogP contribution >= 0.6 is 35.3 Å². The average molecular weight is 519 g/mol. The van der Waals surface area contributed by atoms with Gasteiger partial charge in [0.15, 0.2) is 5.96 Å². The molecular weight excluding hydrogens is 485 g/mol. The summed E-state index contributed by atoms with van der Waals surface area (Å²) in [5, 5.41) is 5.75. The van der Waals surface area contributed by atoms with E-state index in [0.29, 0.717) is 18.3 Å². The van der Waals surface area contributed by atoms with E-state index in [1.807, 2.05) is 18.4 Å². The number of carbonyl (C=O) groups excluding carboxylic acids is 1. The Kier molecular flexibility index (Phi) is 10.0. The standard InChI is InChI=1S/C20H33N5OS.HI/c1-22-20(25-8-2-4-17(14-25)12-19(21)26)23-13-16-6-9-24(10-7-16)15-18-5-3-11-27-18;/h3,5,11,16-17H,2,4,6-10,12-15H2,1H3,(H2,21,26)(H,22,23);1H. The number of nitrogens with zero attached hydrogens (tertiary/aromatic N) is 3. The van der Waals surface area contributed by atoms with Crippen LogP contribution in [0.5, 0.6) is 0 Å². The van der Waals surface area contributed by atoms with Gasteiger partial charge in [-0.05, 0) is 62.1 Å². The molecule has 3 rings (SSSR count). The van der Waals surface area contributed by atoms with Crippen molar-refractivity contribution >= 4 is 47.2 Å². The first kappa shape index (κ1) is 23.4. The zero-order valence-electron chi connectivity index (χ0n) is 16.8. The molecule has 0 aromatic carbocycles. The van der Waals surface area contributed by atoms with Crippen molar-refractivity contribution in [1.29, 1.82) is 0 Å². The normalized spacial score (nSPS) is 22.0. The summed E-state index contributed by atoms with van der Waals surface area (Å²) in [5.41, 5.74) is 5.38. The number of hydrogen-bond donors (Lipinski definition) is 2. The number of halogens is 1. The van der Waals surface area contributed by atoms with Crippen LogP contribution in [0, 0.1) is 11.8 Å². The summed E-state index contributed by atoms with van der Waals surface area (Å²) in [7, 11) is 1.85. The Morgan fingerprint density at radius 2 is 2.07 bits per heavy atom. The van der Waals surface area contributed by atoms with Gasteiger partial charge in [-0.15, -0.1) is 35.3 Å². The molecule has 1 unspecified atom stereocenters. The van der Waals surface area contributed by atoms with Gasteiger partial charge in [0.05, 0.1) is 0 Å². The van der Waals surface area contributed by atoms with Gasteiger partial charge in [0.2, 0.25) is 5.91 Å². The topological polar surface area (TPSA) is 74.0 Å². The van der Waals surface area contributed by atoms with Gasteiger partial charge in [-0.3, -0.25) is 14.7 Å². The molecule has 6 nitrogen and oxygen atoms in total. The van der Waals surface area contributed by atoms with E-state index in [9.17, 15) is 4.79 Å². The minimum atomic E-state index is -0.195. The maximum absolute atomic E-state index is 11.2. The Hall–Kier alpha value is -0.870. The van der Waals surface area contributed by atoms with Gasteiger partial charge in [0, 0.05) is 44.5 Å². The van der Waals surface area contributed by atoms with E-state index in [4.69, 9.17) is 5.73 Å². The quantitative estimate of drug-likeness (QED) is 0.345. The van der Waals surface area contributed by atoms with Crippen molar-refractivity contribution in [3.05, 3.63) is 22.4 Å². The lowest BCUT2D eigenvalue weighted by Crippen LogP contribution is -2.48. The molecule has 1 aromatic rings. The largest absolute Gasteiger partial charge is 0.370 e. The molecule has 2 saturated heterocycles. The lowest BCUT2D eigenvalue weighted by Gasteiger charge is -2.36. The van der Waals surface area contributed by atoms with Crippen LogP contribution in [0.1, 0.15) is 37.0 Å². The molecule has 1 amide bonds. The van der Waals surface area contributed by atoms with Gasteiger partial charge >= 0.3 is 0 Å². The molecule has 8 heteroatoms. The highest BCUT2D eigenvalue weighted by molar-refractivity contribution is 14.0. The summed E-state index contributed by atoms with van der Waals surface area (Å²) >= 11 is 1.85. The first-order chi connectivity index (χ1) is 13.1. The summed E-state index contributed by atoms with van der Waals surface area (Å²) in [6, 6.07) is 4.36. The van der Waals surface area contributed by atoms with E-state index < -0.39 is 0 Å². The van der Waals surface area contributed by atoms with Gasteiger partial charge < -0.3 is 16.0 Å². The second-order valence-electron chi connectivity index (χ2n) is 7.85. The number of aliphatic imine (C=N–C) groups is 1. The first-order valence-electron chi connectivity index (χ1n) is 10.1. The zero-order chi connectivity index (χ0) is 19.1. The molecule has 3 N–H and O–H groups in total. The molecule has 2 aliphatic rings. The van der Waals surface area contributed by atoms with Crippen LogP contribution in [-0.2, 0) is 11.3 Å². The fourth-order valence-electron chi connectivity index (χ4n) is 4.25. The fourth-order valence-corrected chi connectivity index (χ4v) is 4.99. The molecular formula is C20H34IN5OS. The fraction of sp³-hybridized carbons (Fsp3) is 0.700. The third-order valence-corrected chi connectivity index (χ3v) is 6.60. The van der Waals surface area contributed by atoms with Crippen LogP contribution in [0.25, 0.3) is 0 Å². The molecule has 0 saturated carbocycles. The number of piperidine rings is 2. The summed E-state index contributed by atoms with van der Waals surface area (Å²) in [6.45, 7) is 6.31. The highest BCUT2D eigenvalue weighted by Gasteiger charge is 2.25. The van der Waals surface area contributed by atoms with Gasteiger partial charge in [-0.2, -0.15) is 0 Å². The van der Waals surface area contributed by atoms with E-state index in [1.54, 1.807) is 0 Å². The van der Waals surface area contributed by atoms with Crippen molar-refractivity contribution in [1.82, 2.24) is 15.1 Å². The summed E-state index contributed by atoms with van der Waals surface area (Å²) < 4.78 is 0. The number of guanidine groups is 1. The van der Waals surface area contributed by atoms with Gasteiger partial charge in [0.25, 0.3) is 0 Å². The Balaban J connectivity index is 0.00000280. The molecule has 3 heterocycles. The van der Waals surface area contributed by atoms with Crippen molar-refractivity contribution in [3.8, 4) is 0 Å². The third kappa shape index (κ3) is 7.18. The van der Waals surface area contributed by atoms with Crippen LogP contribution in [0.2, 0.25) is 0 Å². The highest BCUT2D eigenvalue weighted by Crippen LogP contribution is 2.21. The average Bonchev–Trinajstić information content (AvgIpc) is 3.16. The first-order valence-corrected chi connectivity index (χ1v) is 11.0. The van der Waals surface area contributed by atoms with Crippen molar-refractivity contribution < 1.29 is 4.79 Å². The SMILES string of the molecule is CN=C(NCC1CCN(Cc2cccs2)CC1)N1CCCC(CC(N)=O)C1.I. The van der Waals surface area contributed by atoms with Crippen LogP contribution < -0.4 is 11.1 Å². The number of nitrogens with one attached hydrogen (secondary N) is 1. The Labute approximate surface area is 190 Å². The van der Waals surface area contributed by atoms with E-state index in [1.165, 1.54) is 30.8 Å². The number of likely N-dealkylation sites (tertiary alicyclic amines) is 2. The summed E-state index contributed by atoms with van der Waals surface area (Å²) in [4.78, 5) is 22.0. The van der Waals surface area contributed by atoms with Crippen LogP contribution in [-0.4, -0.2) is 61.4 Å². The van der Waals surface area contributed by atoms with Crippen LogP contribution in [0.4, 0.5) is 0 Å². The molecule has 28 heavy (non-hydrogen) atoms. The van der Waals surface area contributed by atoms with E-state index in [0.717, 1.165) is 45.0 Å². The Bertz CT molecular complexity index is 616. The van der Waals surface area contributed by atoms with E-state index >= 15 is 0 Å². The van der Waals surface area contributed by atoms with Gasteiger partial charge in [-0.25, -0.2) is 0 Å². The molecule has 158 valence electrons. The number of carbonyl (C=O) groups is 1. The monoisotopic (exact) mass is 519 g/mol. The number of amides is 1. The minimum absolute atomic E-state index is 0. The summed E-state index contributed by atoms with van der Waals surface area (Å²) in [5.74, 6) is 1.84. The van der Waals surface area contributed by atoms with Crippen LogP contribution in [0.3, 0.4) is 0 Å². The lowest BCUT2D eigenvalue weighted by atomic mass is 9.94. The molecule has 2 aliphatic heterocycles. The number of nitrogens with two attached hydrogens (primary N) is 1. The van der Waals surface area contributed by atoms with E-state index in [-0.39, 0.29) is 29.9 Å². The molecule has 1 atom stereocenters. The Morgan fingerprint density at radius 1 is 1.29 bits per heavy atom. The molecule has 0 aliphatic carbocycles. The Morgan fingerprint density at radius 3 is 2.71 bits per heavy atom. The highest BCUT2D eigenvalue weighted by atomic mass is 127. The number of primary amides is 1. The lowest BCUT2D eigenvalue weighted by molar-refractivity contribution is -0.119. The number of thiophene rings is 1. The molecule has 0 bridgehead atoms. The molecule has 2 fully saturated rings. The molecule has 0 spiro atoms. The summed E-state index contributed by atoms with van der Waals surface area (Å²) in [6.07, 6.45) is 5.13. The second-order valence-corrected chi connectivity index (χ2v) is 8.88. The van der Waals surface area contributed by atoms with Crippen molar-refractivity contribution in [2.24, 2.45) is 22.6 Å². The smallest absolute Gasteiger partial charge is 0.217 e.